The maximum Gasteiger partial charge on any atom is 0.524 e. The van der Waals surface area contributed by atoms with Crippen molar-refractivity contribution in [1.29, 1.82) is 0 Å². The van der Waals surface area contributed by atoms with Crippen LogP contribution in [0.3, 0.4) is 0 Å². The fourth-order valence-corrected chi connectivity index (χ4v) is 2.70. The normalized spacial score (nSPS) is 11.7. The molecule has 0 aromatic heterocycles. The van der Waals surface area contributed by atoms with E-state index >= 15 is 0 Å². The predicted molar refractivity (Wildman–Crippen MR) is 81.1 cm³/mol. The van der Waals surface area contributed by atoms with Crippen LogP contribution >= 0.6 is 7.82 Å². The fraction of sp³-hybridized carbons (Fsp3) is 0.600. The molecular formula is C15H25O4P. The van der Waals surface area contributed by atoms with Crippen LogP contribution in [-0.4, -0.2) is 9.79 Å². The third kappa shape index (κ3) is 5.28. The molecule has 0 saturated heterocycles. The lowest BCUT2D eigenvalue weighted by Crippen LogP contribution is -2.02. The predicted octanol–water partition coefficient (Wildman–Crippen LogP) is 4.15. The van der Waals surface area contributed by atoms with Gasteiger partial charge in [0.2, 0.25) is 0 Å². The molecule has 5 heteroatoms. The Kier molecular flexibility index (Phi) is 6.74. The van der Waals surface area contributed by atoms with Gasteiger partial charge in [-0.15, -0.1) is 0 Å². The van der Waals surface area contributed by atoms with E-state index in [4.69, 9.17) is 14.3 Å². The van der Waals surface area contributed by atoms with E-state index in [0.717, 1.165) is 55.2 Å². The van der Waals surface area contributed by atoms with Crippen LogP contribution in [0.25, 0.3) is 0 Å². The molecule has 0 spiro atoms. The molecule has 0 aliphatic rings. The second-order valence-electron chi connectivity index (χ2n) is 5.14. The van der Waals surface area contributed by atoms with Gasteiger partial charge >= 0.3 is 7.82 Å². The highest BCUT2D eigenvalue weighted by Gasteiger charge is 2.22. The molecule has 0 unspecified atom stereocenters. The van der Waals surface area contributed by atoms with Crippen molar-refractivity contribution >= 4 is 7.82 Å². The summed E-state index contributed by atoms with van der Waals surface area (Å²) in [6.07, 6.45) is 5.60. The molecular weight excluding hydrogens is 275 g/mol. The Bertz CT molecular complexity index is 479. The zero-order chi connectivity index (χ0) is 15.2. The Morgan fingerprint density at radius 1 is 1.10 bits per heavy atom. The van der Waals surface area contributed by atoms with Gasteiger partial charge < -0.3 is 4.52 Å². The van der Waals surface area contributed by atoms with Gasteiger partial charge in [0, 0.05) is 0 Å². The lowest BCUT2D eigenvalue weighted by molar-refractivity contribution is 0.281. The molecule has 0 saturated carbocycles. The summed E-state index contributed by atoms with van der Waals surface area (Å²) in [5, 5.41) is 0. The molecule has 0 amide bonds. The standard InChI is InChI=1S/C15H25O4P/c1-4-6-8-13-11-10-12(3)14(9-7-5-2)15(13)19-20(16,17)18/h10-11H,4-9H2,1-3H3,(H2,16,17,18). The van der Waals surface area contributed by atoms with Crippen LogP contribution in [0.15, 0.2) is 12.1 Å². The monoisotopic (exact) mass is 300 g/mol. The Hall–Kier alpha value is -0.830. The SMILES string of the molecule is CCCCc1ccc(C)c(CCCC)c1OP(=O)(O)O. The first-order valence-electron chi connectivity index (χ1n) is 7.25. The summed E-state index contributed by atoms with van der Waals surface area (Å²) in [5.41, 5.74) is 2.86. The minimum absolute atomic E-state index is 0.403. The Morgan fingerprint density at radius 2 is 1.70 bits per heavy atom. The molecule has 2 N–H and O–H groups in total. The molecule has 0 aliphatic carbocycles. The maximum atomic E-state index is 11.2. The van der Waals surface area contributed by atoms with Crippen LogP contribution in [0.5, 0.6) is 5.75 Å². The van der Waals surface area contributed by atoms with Crippen LogP contribution in [0.4, 0.5) is 0 Å². The van der Waals surface area contributed by atoms with Crippen molar-refractivity contribution in [2.45, 2.75) is 59.3 Å². The van der Waals surface area contributed by atoms with E-state index in [2.05, 4.69) is 13.8 Å². The van der Waals surface area contributed by atoms with E-state index in [1.807, 2.05) is 19.1 Å². The van der Waals surface area contributed by atoms with Crippen LogP contribution in [0.2, 0.25) is 0 Å². The molecule has 4 nitrogen and oxygen atoms in total. The quantitative estimate of drug-likeness (QED) is 0.708. The third-order valence-electron chi connectivity index (χ3n) is 3.37. The third-order valence-corrected chi connectivity index (χ3v) is 3.79. The fourth-order valence-electron chi connectivity index (χ4n) is 2.24. The Balaban J connectivity index is 3.19. The first-order valence-corrected chi connectivity index (χ1v) is 8.78. The summed E-state index contributed by atoms with van der Waals surface area (Å²) < 4.78 is 16.2. The first kappa shape index (κ1) is 17.2. The van der Waals surface area contributed by atoms with Gasteiger partial charge in [0.05, 0.1) is 0 Å². The van der Waals surface area contributed by atoms with Crippen molar-refractivity contribution in [3.05, 3.63) is 28.8 Å². The molecule has 0 heterocycles. The molecule has 0 aliphatic heterocycles. The summed E-state index contributed by atoms with van der Waals surface area (Å²) in [7, 11) is -4.53. The second-order valence-corrected chi connectivity index (χ2v) is 6.30. The average Bonchev–Trinajstić information content (AvgIpc) is 2.36. The van der Waals surface area contributed by atoms with Crippen molar-refractivity contribution in [3.63, 3.8) is 0 Å². The number of rotatable bonds is 8. The number of unbranched alkanes of at least 4 members (excludes halogenated alkanes) is 2. The van der Waals surface area contributed by atoms with Crippen LogP contribution in [-0.2, 0) is 17.4 Å². The van der Waals surface area contributed by atoms with E-state index in [0.29, 0.717) is 5.75 Å². The number of phosphoric ester groups is 1. The largest absolute Gasteiger partial charge is 0.524 e. The highest BCUT2D eigenvalue weighted by Crippen LogP contribution is 2.42. The van der Waals surface area contributed by atoms with Crippen molar-refractivity contribution in [2.24, 2.45) is 0 Å². The smallest absolute Gasteiger partial charge is 0.404 e. The maximum absolute atomic E-state index is 11.2. The van der Waals surface area contributed by atoms with Gasteiger partial charge in [-0.25, -0.2) is 4.57 Å². The summed E-state index contributed by atoms with van der Waals surface area (Å²) >= 11 is 0. The summed E-state index contributed by atoms with van der Waals surface area (Å²) in [5.74, 6) is 0.403. The zero-order valence-electron chi connectivity index (χ0n) is 12.6. The lowest BCUT2D eigenvalue weighted by Gasteiger charge is -2.18. The van der Waals surface area contributed by atoms with E-state index in [1.54, 1.807) is 0 Å². The Labute approximate surface area is 121 Å². The van der Waals surface area contributed by atoms with Crippen molar-refractivity contribution in [3.8, 4) is 5.75 Å². The number of benzene rings is 1. The topological polar surface area (TPSA) is 66.8 Å². The zero-order valence-corrected chi connectivity index (χ0v) is 13.4. The van der Waals surface area contributed by atoms with Crippen LogP contribution < -0.4 is 4.52 Å². The minimum Gasteiger partial charge on any atom is -0.404 e. The van der Waals surface area contributed by atoms with E-state index in [1.165, 1.54) is 0 Å². The van der Waals surface area contributed by atoms with Gasteiger partial charge in [-0.2, -0.15) is 0 Å². The molecule has 0 radical (unpaired) electrons. The number of hydrogen-bond donors (Lipinski definition) is 2. The van der Waals surface area contributed by atoms with Crippen LogP contribution in [0, 0.1) is 6.92 Å². The molecule has 114 valence electrons. The molecule has 1 aromatic rings. The summed E-state index contributed by atoms with van der Waals surface area (Å²) in [6.45, 7) is 6.15. The molecule has 1 aromatic carbocycles. The lowest BCUT2D eigenvalue weighted by atomic mass is 9.96. The van der Waals surface area contributed by atoms with Crippen molar-refractivity contribution in [2.75, 3.05) is 0 Å². The van der Waals surface area contributed by atoms with E-state index < -0.39 is 7.82 Å². The molecule has 0 fully saturated rings. The van der Waals surface area contributed by atoms with Crippen LogP contribution in [0.1, 0.15) is 56.2 Å². The molecule has 1 rings (SSSR count). The average molecular weight is 300 g/mol. The summed E-state index contributed by atoms with van der Waals surface area (Å²) in [6, 6.07) is 3.94. The molecule has 20 heavy (non-hydrogen) atoms. The van der Waals surface area contributed by atoms with E-state index in [-0.39, 0.29) is 0 Å². The van der Waals surface area contributed by atoms with Gasteiger partial charge in [-0.05, 0) is 49.3 Å². The number of hydrogen-bond acceptors (Lipinski definition) is 2. The summed E-state index contributed by atoms with van der Waals surface area (Å²) in [4.78, 5) is 18.3. The van der Waals surface area contributed by atoms with E-state index in [9.17, 15) is 4.57 Å². The van der Waals surface area contributed by atoms with Gasteiger partial charge in [-0.3, -0.25) is 9.79 Å². The van der Waals surface area contributed by atoms with Gasteiger partial charge in [0.1, 0.15) is 5.75 Å². The van der Waals surface area contributed by atoms with Gasteiger partial charge in [-0.1, -0.05) is 38.8 Å². The molecule has 0 atom stereocenters. The minimum atomic E-state index is -4.53. The van der Waals surface area contributed by atoms with Gasteiger partial charge in [0.15, 0.2) is 0 Å². The number of phosphoric acid groups is 1. The first-order chi connectivity index (χ1) is 9.39. The van der Waals surface area contributed by atoms with Crippen molar-refractivity contribution < 1.29 is 18.9 Å². The Morgan fingerprint density at radius 3 is 2.25 bits per heavy atom. The highest BCUT2D eigenvalue weighted by molar-refractivity contribution is 7.46. The van der Waals surface area contributed by atoms with Crippen molar-refractivity contribution in [1.82, 2.24) is 0 Å². The molecule has 0 bridgehead atoms. The van der Waals surface area contributed by atoms with Gasteiger partial charge in [0.25, 0.3) is 0 Å². The number of aryl methyl sites for hydroxylation is 2. The second kappa shape index (κ2) is 7.82. The highest BCUT2D eigenvalue weighted by atomic mass is 31.2.